The Morgan fingerprint density at radius 2 is 1.71 bits per heavy atom. The van der Waals surface area contributed by atoms with Gasteiger partial charge in [-0.25, -0.2) is 0 Å². The Hall–Kier alpha value is -5.29. The van der Waals surface area contributed by atoms with Crippen LogP contribution in [-0.2, 0) is 22.7 Å². The molecule has 4 aromatic carbocycles. The van der Waals surface area contributed by atoms with Gasteiger partial charge in [-0.2, -0.15) is 5.10 Å². The monoisotopic (exact) mass is 710 g/mol. The van der Waals surface area contributed by atoms with Gasteiger partial charge in [-0.05, 0) is 95.7 Å². The van der Waals surface area contributed by atoms with Crippen LogP contribution in [0.25, 0.3) is 6.08 Å². The number of anilines is 1. The van der Waals surface area contributed by atoms with Gasteiger partial charge in [0, 0.05) is 21.3 Å². The second-order valence-electron chi connectivity index (χ2n) is 10.6. The maximum absolute atomic E-state index is 13.7. The molecule has 0 spiro atoms. The number of hydrogen-bond acceptors (Lipinski definition) is 8. The van der Waals surface area contributed by atoms with Gasteiger partial charge in [0.25, 0.3) is 11.8 Å². The van der Waals surface area contributed by atoms with E-state index in [0.717, 1.165) is 22.9 Å². The highest BCUT2D eigenvalue weighted by Gasteiger charge is 2.34. The van der Waals surface area contributed by atoms with E-state index in [1.807, 2.05) is 54.6 Å². The molecule has 0 unspecified atom stereocenters. The highest BCUT2D eigenvalue weighted by Crippen LogP contribution is 2.36. The molecule has 2 heterocycles. The summed E-state index contributed by atoms with van der Waals surface area (Å²) in [6.45, 7) is 0.318. The Bertz CT molecular complexity index is 2020. The first-order valence-corrected chi connectivity index (χ1v) is 16.6. The summed E-state index contributed by atoms with van der Waals surface area (Å²) >= 11 is 13.4. The number of furan rings is 1. The maximum Gasteiger partial charge on any atom is 0.267 e. The summed E-state index contributed by atoms with van der Waals surface area (Å²) in [5.41, 5.74) is 2.93. The molecule has 1 fully saturated rings. The molecule has 1 aliphatic rings. The topological polar surface area (TPSA) is 106 Å². The van der Waals surface area contributed by atoms with E-state index in [2.05, 4.69) is 15.5 Å². The highest BCUT2D eigenvalue weighted by molar-refractivity contribution is 8.18. The second kappa shape index (κ2) is 16.2. The first kappa shape index (κ1) is 33.6. The summed E-state index contributed by atoms with van der Waals surface area (Å²) in [7, 11) is 0. The normalized spacial score (nSPS) is 14.6. The molecule has 2 amide bonds. The minimum absolute atomic E-state index is 0.150. The molecule has 9 nitrogen and oxygen atoms in total. The van der Waals surface area contributed by atoms with Gasteiger partial charge < -0.3 is 19.2 Å². The number of thioether (sulfide) groups is 1. The van der Waals surface area contributed by atoms with E-state index in [-0.39, 0.29) is 25.0 Å². The zero-order valence-electron chi connectivity index (χ0n) is 25.8. The van der Waals surface area contributed by atoms with Gasteiger partial charge in [-0.1, -0.05) is 65.7 Å². The van der Waals surface area contributed by atoms with Gasteiger partial charge in [0.2, 0.25) is 0 Å². The van der Waals surface area contributed by atoms with Crippen molar-refractivity contribution < 1.29 is 23.5 Å². The molecule has 0 aliphatic carbocycles. The van der Waals surface area contributed by atoms with Crippen molar-refractivity contribution in [3.05, 3.63) is 153 Å². The molecule has 5 aromatic rings. The molecule has 12 heteroatoms. The minimum Gasteiger partial charge on any atom is -0.489 e. The molecular formula is C37H28Cl2N4O5S. The molecule has 0 radical (unpaired) electrons. The quantitative estimate of drug-likeness (QED) is 0.0789. The molecule has 0 bridgehead atoms. The fourth-order valence-electron chi connectivity index (χ4n) is 4.63. The average molecular weight is 712 g/mol. The largest absolute Gasteiger partial charge is 0.489 e. The highest BCUT2D eigenvalue weighted by atomic mass is 35.5. The van der Waals surface area contributed by atoms with Gasteiger partial charge in [0.1, 0.15) is 23.9 Å². The van der Waals surface area contributed by atoms with Crippen molar-refractivity contribution in [2.75, 3.05) is 11.9 Å². The Morgan fingerprint density at radius 1 is 0.898 bits per heavy atom. The lowest BCUT2D eigenvalue weighted by Gasteiger charge is -2.13. The maximum atomic E-state index is 13.7. The molecular weight excluding hydrogens is 683 g/mol. The summed E-state index contributed by atoms with van der Waals surface area (Å²) in [6.07, 6.45) is 4.79. The number of carbonyl (C=O) groups is 2. The molecule has 0 atom stereocenters. The lowest BCUT2D eigenvalue weighted by atomic mass is 10.2. The van der Waals surface area contributed by atoms with Gasteiger partial charge in [-0.15, -0.1) is 5.10 Å². The Kier molecular flexibility index (Phi) is 11.1. The van der Waals surface area contributed by atoms with Crippen molar-refractivity contribution in [1.82, 2.24) is 4.90 Å². The number of ether oxygens (including phenoxy) is 2. The number of rotatable bonds is 12. The number of nitrogens with one attached hydrogen (secondary N) is 1. The summed E-state index contributed by atoms with van der Waals surface area (Å²) < 4.78 is 17.3. The van der Waals surface area contributed by atoms with Crippen LogP contribution < -0.4 is 14.8 Å². The second-order valence-corrected chi connectivity index (χ2v) is 12.5. The van der Waals surface area contributed by atoms with Crippen LogP contribution in [0.4, 0.5) is 5.69 Å². The Balaban J connectivity index is 1.18. The fraction of sp³-hybridized carbons (Fsp3) is 0.0811. The van der Waals surface area contributed by atoms with Crippen LogP contribution in [0.3, 0.4) is 0 Å². The molecule has 246 valence electrons. The summed E-state index contributed by atoms with van der Waals surface area (Å²) in [5, 5.41) is 12.8. The van der Waals surface area contributed by atoms with Crippen molar-refractivity contribution in [2.45, 2.75) is 13.2 Å². The molecule has 6 rings (SSSR count). The molecule has 1 saturated heterocycles. The Morgan fingerprint density at radius 3 is 2.51 bits per heavy atom. The van der Waals surface area contributed by atoms with E-state index in [4.69, 9.17) is 37.1 Å². The summed E-state index contributed by atoms with van der Waals surface area (Å²) in [4.78, 5) is 28.1. The third-order valence-electron chi connectivity index (χ3n) is 6.98. The number of carbonyl (C=O) groups excluding carboxylic acids is 2. The van der Waals surface area contributed by atoms with Crippen molar-refractivity contribution in [3.8, 4) is 11.5 Å². The minimum atomic E-state index is -0.368. The third-order valence-corrected chi connectivity index (χ3v) is 8.47. The number of hydrogen-bond donors (Lipinski definition) is 1. The first-order chi connectivity index (χ1) is 23.9. The predicted molar refractivity (Wildman–Crippen MR) is 194 cm³/mol. The van der Waals surface area contributed by atoms with Crippen LogP contribution in [0.1, 0.15) is 22.5 Å². The molecule has 1 aliphatic heterocycles. The van der Waals surface area contributed by atoms with E-state index in [1.54, 1.807) is 73.2 Å². The van der Waals surface area contributed by atoms with Crippen molar-refractivity contribution in [1.29, 1.82) is 0 Å². The van der Waals surface area contributed by atoms with Gasteiger partial charge in [-0.3, -0.25) is 14.5 Å². The molecule has 0 saturated carbocycles. The SMILES string of the molecule is O=C(COc1ccc(Cl)cc1/C=C1\S/C(=N/N=C\c2cccc(OCc3ccccc3)c2)N(Cc2ccco2)C1=O)Nc1ccc(Cl)cc1. The summed E-state index contributed by atoms with van der Waals surface area (Å²) in [5.74, 6) is 0.962. The standard InChI is InChI=1S/C37H28Cl2N4O5S/c38-28-11-14-30(15-12-28)41-35(44)24-48-33-16-13-29(39)19-27(33)20-34-36(45)43(22-32-10-5-17-46-32)37(49-34)42-40-21-26-8-4-9-31(18-26)47-23-25-6-2-1-3-7-25/h1-21H,22-24H2,(H,41,44)/b34-20-,40-21-,42-37+. The van der Waals surface area contributed by atoms with E-state index in [0.29, 0.717) is 55.2 Å². The lowest BCUT2D eigenvalue weighted by Crippen LogP contribution is -2.28. The smallest absolute Gasteiger partial charge is 0.267 e. The summed E-state index contributed by atoms with van der Waals surface area (Å²) in [6, 6.07) is 32.6. The van der Waals surface area contributed by atoms with E-state index in [9.17, 15) is 9.59 Å². The van der Waals surface area contributed by atoms with Crippen LogP contribution in [0.2, 0.25) is 10.0 Å². The number of halogens is 2. The van der Waals surface area contributed by atoms with E-state index in [1.165, 1.54) is 4.90 Å². The van der Waals surface area contributed by atoms with E-state index >= 15 is 0 Å². The fourth-order valence-corrected chi connectivity index (χ4v) is 5.86. The first-order valence-electron chi connectivity index (χ1n) is 15.0. The zero-order chi connectivity index (χ0) is 34.0. The number of benzene rings is 4. The van der Waals surface area contributed by atoms with Crippen molar-refractivity contribution in [3.63, 3.8) is 0 Å². The van der Waals surface area contributed by atoms with Crippen LogP contribution in [0.5, 0.6) is 11.5 Å². The zero-order valence-corrected chi connectivity index (χ0v) is 28.1. The van der Waals surface area contributed by atoms with Crippen LogP contribution in [0.15, 0.2) is 135 Å². The van der Waals surface area contributed by atoms with Crippen molar-refractivity contribution >= 4 is 69.9 Å². The predicted octanol–water partition coefficient (Wildman–Crippen LogP) is 8.69. The van der Waals surface area contributed by atoms with Crippen LogP contribution in [0, 0.1) is 0 Å². The van der Waals surface area contributed by atoms with Gasteiger partial charge in [0.05, 0.1) is 23.9 Å². The van der Waals surface area contributed by atoms with E-state index < -0.39 is 0 Å². The van der Waals surface area contributed by atoms with Crippen LogP contribution >= 0.6 is 35.0 Å². The Labute approximate surface area is 296 Å². The third kappa shape index (κ3) is 9.41. The van der Waals surface area contributed by atoms with Crippen molar-refractivity contribution in [2.24, 2.45) is 10.2 Å². The number of amides is 2. The number of nitrogens with zero attached hydrogens (tertiary/aromatic N) is 3. The van der Waals surface area contributed by atoms with Crippen LogP contribution in [-0.4, -0.2) is 34.7 Å². The van der Waals surface area contributed by atoms with Gasteiger partial charge in [0.15, 0.2) is 11.8 Å². The lowest BCUT2D eigenvalue weighted by molar-refractivity contribution is -0.122. The molecule has 1 aromatic heterocycles. The average Bonchev–Trinajstić information content (AvgIpc) is 3.73. The molecule has 49 heavy (non-hydrogen) atoms. The number of amidine groups is 1. The van der Waals surface area contributed by atoms with Gasteiger partial charge >= 0.3 is 0 Å². The molecule has 1 N–H and O–H groups in total.